The second-order valence-electron chi connectivity index (χ2n) is 4.06. The van der Waals surface area contributed by atoms with E-state index in [1.165, 1.54) is 0 Å². The van der Waals surface area contributed by atoms with Crippen LogP contribution >= 0.6 is 0 Å². The third-order valence-corrected chi connectivity index (χ3v) is 2.95. The number of rotatable bonds is 2. The zero-order valence-corrected chi connectivity index (χ0v) is 11.2. The second kappa shape index (κ2) is 7.36. The summed E-state index contributed by atoms with van der Waals surface area (Å²) in [5, 5.41) is 0. The lowest BCUT2D eigenvalue weighted by atomic mass is 10.1. The summed E-state index contributed by atoms with van der Waals surface area (Å²) in [5.41, 5.74) is 0.639. The highest BCUT2D eigenvalue weighted by atomic mass is 16.5. The third kappa shape index (κ3) is 3.95. The van der Waals surface area contributed by atoms with Gasteiger partial charge in [-0.2, -0.15) is 0 Å². The van der Waals surface area contributed by atoms with Crippen molar-refractivity contribution in [2.24, 2.45) is 0 Å². The van der Waals surface area contributed by atoms with Crippen LogP contribution in [-0.2, 0) is 4.79 Å². The Kier molecular flexibility index (Phi) is 5.79. The summed E-state index contributed by atoms with van der Waals surface area (Å²) in [7, 11) is 1.59. The van der Waals surface area contributed by atoms with Gasteiger partial charge in [0, 0.05) is 31.5 Å². The number of amides is 1. The van der Waals surface area contributed by atoms with E-state index in [0.29, 0.717) is 31.5 Å². The van der Waals surface area contributed by atoms with Crippen LogP contribution in [-0.4, -0.2) is 36.8 Å². The lowest BCUT2D eigenvalue weighted by Gasteiger charge is -2.26. The molecule has 102 valence electrons. The van der Waals surface area contributed by atoms with Crippen molar-refractivity contribution in [3.05, 3.63) is 43.0 Å². The Morgan fingerprint density at radius 2 is 1.68 bits per heavy atom. The molecule has 1 amide bonds. The molecule has 0 N–H and O–H groups in total. The standard InChI is InChI=1S/C13H15NO3.C2H4/c1-17-12-4-2-10(3-5-12)13(16)14-8-6-11(15)7-9-14;1-2/h2-5H,6-9H2,1H3;1-2H2. The van der Waals surface area contributed by atoms with Gasteiger partial charge >= 0.3 is 0 Å². The van der Waals surface area contributed by atoms with Crippen LogP contribution in [0.2, 0.25) is 0 Å². The first-order valence-electron chi connectivity index (χ1n) is 6.16. The molecule has 1 aromatic rings. The zero-order valence-electron chi connectivity index (χ0n) is 11.2. The predicted molar refractivity (Wildman–Crippen MR) is 74.4 cm³/mol. The lowest BCUT2D eigenvalue weighted by molar-refractivity contribution is -0.120. The molecule has 0 unspecified atom stereocenters. The van der Waals surface area contributed by atoms with E-state index in [0.717, 1.165) is 5.75 Å². The van der Waals surface area contributed by atoms with Crippen LogP contribution in [0, 0.1) is 0 Å². The monoisotopic (exact) mass is 261 g/mol. The van der Waals surface area contributed by atoms with E-state index < -0.39 is 0 Å². The largest absolute Gasteiger partial charge is 0.497 e. The van der Waals surface area contributed by atoms with E-state index >= 15 is 0 Å². The van der Waals surface area contributed by atoms with Crippen molar-refractivity contribution in [1.29, 1.82) is 0 Å². The van der Waals surface area contributed by atoms with Gasteiger partial charge in [0.25, 0.3) is 5.91 Å². The molecule has 0 spiro atoms. The molecular formula is C15H19NO3. The molecule has 1 fully saturated rings. The number of ketones is 1. The highest BCUT2D eigenvalue weighted by molar-refractivity contribution is 5.95. The molecule has 2 rings (SSSR count). The van der Waals surface area contributed by atoms with Crippen molar-refractivity contribution in [2.45, 2.75) is 12.8 Å². The van der Waals surface area contributed by atoms with Gasteiger partial charge in [-0.25, -0.2) is 0 Å². The van der Waals surface area contributed by atoms with Gasteiger partial charge in [-0.05, 0) is 24.3 Å². The van der Waals surface area contributed by atoms with Gasteiger partial charge in [0.15, 0.2) is 0 Å². The molecule has 0 aromatic heterocycles. The molecule has 0 saturated carbocycles. The van der Waals surface area contributed by atoms with Crippen LogP contribution in [0.5, 0.6) is 5.75 Å². The number of likely N-dealkylation sites (tertiary alicyclic amines) is 1. The first-order valence-corrected chi connectivity index (χ1v) is 6.16. The van der Waals surface area contributed by atoms with Crippen molar-refractivity contribution < 1.29 is 14.3 Å². The van der Waals surface area contributed by atoms with E-state index in [1.54, 1.807) is 36.3 Å². The number of nitrogens with zero attached hydrogens (tertiary/aromatic N) is 1. The van der Waals surface area contributed by atoms with Crippen molar-refractivity contribution in [3.8, 4) is 5.75 Å². The van der Waals surface area contributed by atoms with E-state index in [9.17, 15) is 9.59 Å². The second-order valence-corrected chi connectivity index (χ2v) is 4.06. The molecule has 1 aliphatic heterocycles. The lowest BCUT2D eigenvalue weighted by Crippen LogP contribution is -2.38. The van der Waals surface area contributed by atoms with E-state index in [-0.39, 0.29) is 11.7 Å². The van der Waals surface area contributed by atoms with Crippen molar-refractivity contribution in [2.75, 3.05) is 20.2 Å². The summed E-state index contributed by atoms with van der Waals surface area (Å²) in [5.74, 6) is 0.958. The molecule has 0 aliphatic carbocycles. The Balaban J connectivity index is 0.000000861. The van der Waals surface area contributed by atoms with Crippen LogP contribution in [0.15, 0.2) is 37.4 Å². The summed E-state index contributed by atoms with van der Waals surface area (Å²) < 4.78 is 5.04. The van der Waals surface area contributed by atoms with Crippen molar-refractivity contribution in [3.63, 3.8) is 0 Å². The van der Waals surface area contributed by atoms with Crippen molar-refractivity contribution >= 4 is 11.7 Å². The molecule has 0 radical (unpaired) electrons. The number of piperidine rings is 1. The molecule has 19 heavy (non-hydrogen) atoms. The zero-order chi connectivity index (χ0) is 14.3. The highest BCUT2D eigenvalue weighted by Gasteiger charge is 2.21. The average Bonchev–Trinajstić information content (AvgIpc) is 2.49. The maximum Gasteiger partial charge on any atom is 0.253 e. The number of Topliss-reactive ketones (excluding diaryl/α,β-unsaturated/α-hetero) is 1. The first-order chi connectivity index (χ1) is 9.20. The fraction of sp³-hybridized carbons (Fsp3) is 0.333. The first kappa shape index (κ1) is 15.0. The predicted octanol–water partition coefficient (Wildman–Crippen LogP) is 2.30. The minimum atomic E-state index is -0.0137. The van der Waals surface area contributed by atoms with Gasteiger partial charge in [-0.1, -0.05) is 0 Å². The number of methoxy groups -OCH3 is 1. The molecule has 4 heteroatoms. The van der Waals surface area contributed by atoms with Gasteiger partial charge < -0.3 is 9.64 Å². The summed E-state index contributed by atoms with van der Waals surface area (Å²) >= 11 is 0. The number of carbonyl (C=O) groups is 2. The fourth-order valence-corrected chi connectivity index (χ4v) is 1.88. The number of benzene rings is 1. The third-order valence-electron chi connectivity index (χ3n) is 2.95. The molecular weight excluding hydrogens is 242 g/mol. The average molecular weight is 261 g/mol. The van der Waals surface area contributed by atoms with E-state index in [2.05, 4.69) is 13.2 Å². The Labute approximate surface area is 113 Å². The maximum atomic E-state index is 12.1. The molecule has 0 bridgehead atoms. The fourth-order valence-electron chi connectivity index (χ4n) is 1.88. The van der Waals surface area contributed by atoms with E-state index in [1.807, 2.05) is 0 Å². The SMILES string of the molecule is C=C.COc1ccc(C(=O)N2CCC(=O)CC2)cc1. The molecule has 1 aliphatic rings. The smallest absolute Gasteiger partial charge is 0.253 e. The Hall–Kier alpha value is -2.10. The quantitative estimate of drug-likeness (QED) is 0.767. The summed E-state index contributed by atoms with van der Waals surface area (Å²) in [6.45, 7) is 7.06. The van der Waals surface area contributed by atoms with Crippen LogP contribution in [0.25, 0.3) is 0 Å². The molecule has 1 saturated heterocycles. The minimum Gasteiger partial charge on any atom is -0.497 e. The topological polar surface area (TPSA) is 46.6 Å². The molecule has 1 heterocycles. The molecule has 4 nitrogen and oxygen atoms in total. The summed E-state index contributed by atoms with van der Waals surface area (Å²) in [6, 6.07) is 7.03. The minimum absolute atomic E-state index is 0.0137. The van der Waals surface area contributed by atoms with Gasteiger partial charge in [-0.15, -0.1) is 13.2 Å². The van der Waals surface area contributed by atoms with Crippen LogP contribution in [0.1, 0.15) is 23.2 Å². The number of hydrogen-bond acceptors (Lipinski definition) is 3. The highest BCUT2D eigenvalue weighted by Crippen LogP contribution is 2.15. The molecule has 0 atom stereocenters. The Morgan fingerprint density at radius 1 is 1.16 bits per heavy atom. The Bertz CT molecular complexity index is 429. The maximum absolute atomic E-state index is 12.1. The van der Waals surface area contributed by atoms with Gasteiger partial charge in [0.2, 0.25) is 0 Å². The van der Waals surface area contributed by atoms with Gasteiger partial charge in [0.05, 0.1) is 7.11 Å². The van der Waals surface area contributed by atoms with Crippen LogP contribution < -0.4 is 4.74 Å². The molecule has 1 aromatic carbocycles. The summed E-state index contributed by atoms with van der Waals surface area (Å²) in [6.07, 6.45) is 0.948. The summed E-state index contributed by atoms with van der Waals surface area (Å²) in [4.78, 5) is 24.9. The Morgan fingerprint density at radius 3 is 2.16 bits per heavy atom. The van der Waals surface area contributed by atoms with Crippen LogP contribution in [0.4, 0.5) is 0 Å². The van der Waals surface area contributed by atoms with Crippen molar-refractivity contribution in [1.82, 2.24) is 4.90 Å². The number of carbonyl (C=O) groups excluding carboxylic acids is 2. The van der Waals surface area contributed by atoms with Gasteiger partial charge in [0.1, 0.15) is 11.5 Å². The van der Waals surface area contributed by atoms with Crippen LogP contribution in [0.3, 0.4) is 0 Å². The van der Waals surface area contributed by atoms with E-state index in [4.69, 9.17) is 4.74 Å². The number of ether oxygens (including phenoxy) is 1. The number of hydrogen-bond donors (Lipinski definition) is 0. The van der Waals surface area contributed by atoms with Gasteiger partial charge in [-0.3, -0.25) is 9.59 Å². The normalized spacial score (nSPS) is 14.4.